The number of methoxy groups -OCH3 is 2. The van der Waals surface area contributed by atoms with Crippen molar-refractivity contribution < 1.29 is 18.5 Å². The maximum atomic E-state index is 13.6. The zero-order valence-corrected chi connectivity index (χ0v) is 18.2. The summed E-state index contributed by atoms with van der Waals surface area (Å²) in [5.41, 5.74) is 2.46. The predicted molar refractivity (Wildman–Crippen MR) is 114 cm³/mol. The Morgan fingerprint density at radius 1 is 1.03 bits per heavy atom. The van der Waals surface area contributed by atoms with Crippen LogP contribution < -0.4 is 10.1 Å². The minimum atomic E-state index is -1.54. The number of hydrogen-bond donors (Lipinski definition) is 1. The highest BCUT2D eigenvalue weighted by Gasteiger charge is 2.37. The number of carbonyl (C=O) groups excluding carboxylic acids is 1. The van der Waals surface area contributed by atoms with E-state index in [0.29, 0.717) is 43.1 Å². The monoisotopic (exact) mass is 431 g/mol. The van der Waals surface area contributed by atoms with Gasteiger partial charge in [0.15, 0.2) is 0 Å². The van der Waals surface area contributed by atoms with Crippen molar-refractivity contribution in [1.29, 1.82) is 0 Å². The quantitative estimate of drug-likeness (QED) is 0.705. The number of ether oxygens (including phenoxy) is 2. The van der Waals surface area contributed by atoms with Crippen LogP contribution in [0.5, 0.6) is 5.75 Å². The van der Waals surface area contributed by atoms with E-state index in [-0.39, 0.29) is 0 Å². The molecule has 0 fully saturated rings. The number of benzene rings is 2. The van der Waals surface area contributed by atoms with Crippen LogP contribution in [-0.2, 0) is 20.3 Å². The smallest absolute Gasteiger partial charge is 0.336 e. The van der Waals surface area contributed by atoms with Crippen LogP contribution in [0.1, 0.15) is 25.3 Å². The molecule has 0 bridgehead atoms. The summed E-state index contributed by atoms with van der Waals surface area (Å²) in [5, 5.41) is 3.68. The zero-order valence-electron chi connectivity index (χ0n) is 16.6. The van der Waals surface area contributed by atoms with E-state index in [1.807, 2.05) is 25.1 Å². The van der Waals surface area contributed by atoms with Crippen molar-refractivity contribution >= 4 is 28.4 Å². The first kappa shape index (κ1) is 21.1. The fraction of sp³-hybridized carbons (Fsp3) is 0.227. The van der Waals surface area contributed by atoms with E-state index < -0.39 is 22.7 Å². The van der Waals surface area contributed by atoms with Crippen LogP contribution >= 0.6 is 11.6 Å². The fourth-order valence-corrected chi connectivity index (χ4v) is 5.10. The van der Waals surface area contributed by atoms with Crippen LogP contribution in [-0.4, -0.2) is 24.4 Å². The molecule has 29 heavy (non-hydrogen) atoms. The molecular formula is C22H22ClNO4S. The Labute approximate surface area is 177 Å². The highest BCUT2D eigenvalue weighted by molar-refractivity contribution is 7.89. The molecule has 0 saturated carbocycles. The summed E-state index contributed by atoms with van der Waals surface area (Å²) >= 11 is 6.49. The Morgan fingerprint density at radius 3 is 2.28 bits per heavy atom. The molecule has 2 aromatic carbocycles. The van der Waals surface area contributed by atoms with Gasteiger partial charge in [0.1, 0.15) is 5.75 Å². The molecular weight excluding hydrogens is 410 g/mol. The molecule has 5 nitrogen and oxygen atoms in total. The van der Waals surface area contributed by atoms with E-state index >= 15 is 0 Å². The SMILES string of the molecule is COC(=O)C1=C(C)NC(C)=C(S(=O)c2ccc(OC)cc2)[C@H]1c1ccccc1Cl. The van der Waals surface area contributed by atoms with E-state index in [4.69, 9.17) is 21.1 Å². The molecule has 7 heteroatoms. The Balaban J connectivity index is 2.19. The van der Waals surface area contributed by atoms with Crippen molar-refractivity contribution in [3.05, 3.63) is 81.0 Å². The molecule has 1 N–H and O–H groups in total. The third-order valence-electron chi connectivity index (χ3n) is 4.79. The molecule has 0 amide bonds. The molecule has 1 heterocycles. The van der Waals surface area contributed by atoms with Crippen LogP contribution in [0.2, 0.25) is 5.02 Å². The summed E-state index contributed by atoms with van der Waals surface area (Å²) in [6, 6.07) is 14.3. The van der Waals surface area contributed by atoms with Gasteiger partial charge in [0.05, 0.1) is 41.4 Å². The summed E-state index contributed by atoms with van der Waals surface area (Å²) in [6.07, 6.45) is 0. The summed E-state index contributed by atoms with van der Waals surface area (Å²) in [6.45, 7) is 3.64. The lowest BCUT2D eigenvalue weighted by molar-refractivity contribution is -0.136. The normalized spacial score (nSPS) is 17.6. The average molecular weight is 432 g/mol. The van der Waals surface area contributed by atoms with E-state index in [9.17, 15) is 9.00 Å². The zero-order chi connectivity index (χ0) is 21.1. The molecule has 152 valence electrons. The Hall–Kier alpha value is -2.57. The van der Waals surface area contributed by atoms with Crippen LogP contribution in [0.15, 0.2) is 75.3 Å². The number of allylic oxidation sites excluding steroid dienone is 3. The summed E-state index contributed by atoms with van der Waals surface area (Å²) < 4.78 is 23.8. The summed E-state index contributed by atoms with van der Waals surface area (Å²) in [7, 11) is 1.37. The average Bonchev–Trinajstić information content (AvgIpc) is 2.73. The predicted octanol–water partition coefficient (Wildman–Crippen LogP) is 4.52. The highest BCUT2D eigenvalue weighted by Crippen LogP contribution is 2.43. The third-order valence-corrected chi connectivity index (χ3v) is 6.78. The van der Waals surface area contributed by atoms with Gasteiger partial charge in [0, 0.05) is 21.3 Å². The standard InChI is InChI=1S/C22H22ClNO4S/c1-13-19(22(25)28-4)20(17-7-5-6-8-18(17)23)21(14(2)24-13)29(26)16-11-9-15(27-3)10-12-16/h5-12,20,24H,1-4H3/t20-,29?/m0/s1. The van der Waals surface area contributed by atoms with Gasteiger partial charge >= 0.3 is 5.97 Å². The number of rotatable bonds is 5. The Morgan fingerprint density at radius 2 is 1.69 bits per heavy atom. The number of halogens is 1. The fourth-order valence-electron chi connectivity index (χ4n) is 3.43. The lowest BCUT2D eigenvalue weighted by atomic mass is 9.86. The second-order valence-corrected chi connectivity index (χ2v) is 8.40. The number of dihydropyridines is 1. The van der Waals surface area contributed by atoms with Crippen LogP contribution in [0.3, 0.4) is 0 Å². The summed E-state index contributed by atoms with van der Waals surface area (Å²) in [4.78, 5) is 13.8. The molecule has 0 aromatic heterocycles. The molecule has 0 radical (unpaired) electrons. The van der Waals surface area contributed by atoms with Crippen molar-refractivity contribution in [2.45, 2.75) is 24.7 Å². The van der Waals surface area contributed by atoms with E-state index in [1.165, 1.54) is 7.11 Å². The van der Waals surface area contributed by atoms with Crippen LogP contribution in [0, 0.1) is 0 Å². The number of carbonyl (C=O) groups is 1. The van der Waals surface area contributed by atoms with Crippen LogP contribution in [0.4, 0.5) is 0 Å². The van der Waals surface area contributed by atoms with E-state index in [2.05, 4.69) is 5.32 Å². The van der Waals surface area contributed by atoms with Gasteiger partial charge in [-0.2, -0.15) is 0 Å². The van der Waals surface area contributed by atoms with Gasteiger partial charge in [0.2, 0.25) is 0 Å². The van der Waals surface area contributed by atoms with E-state index in [1.54, 1.807) is 44.4 Å². The van der Waals surface area contributed by atoms with Crippen molar-refractivity contribution in [2.24, 2.45) is 0 Å². The van der Waals surface area contributed by atoms with Gasteiger partial charge in [0.25, 0.3) is 0 Å². The number of hydrogen-bond acceptors (Lipinski definition) is 5. The van der Waals surface area contributed by atoms with E-state index in [0.717, 1.165) is 0 Å². The second-order valence-electron chi connectivity index (χ2n) is 6.54. The van der Waals surface area contributed by atoms with Crippen molar-refractivity contribution in [3.8, 4) is 5.75 Å². The molecule has 1 aliphatic rings. The summed E-state index contributed by atoms with van der Waals surface area (Å²) in [5.74, 6) is -0.413. The first-order chi connectivity index (χ1) is 13.9. The van der Waals surface area contributed by atoms with Gasteiger partial charge in [-0.3, -0.25) is 0 Å². The van der Waals surface area contributed by atoms with Crippen molar-refractivity contribution in [3.63, 3.8) is 0 Å². The largest absolute Gasteiger partial charge is 0.497 e. The topological polar surface area (TPSA) is 64.6 Å². The highest BCUT2D eigenvalue weighted by atomic mass is 35.5. The molecule has 1 aliphatic heterocycles. The molecule has 1 unspecified atom stereocenters. The molecule has 2 atom stereocenters. The van der Waals surface area contributed by atoms with Gasteiger partial charge in [-0.15, -0.1) is 0 Å². The Kier molecular flexibility index (Phi) is 6.45. The number of esters is 1. The number of nitrogens with one attached hydrogen (secondary N) is 1. The second kappa shape index (κ2) is 8.84. The third kappa shape index (κ3) is 4.09. The lowest BCUT2D eigenvalue weighted by Crippen LogP contribution is -2.30. The lowest BCUT2D eigenvalue weighted by Gasteiger charge is -2.31. The molecule has 0 aliphatic carbocycles. The maximum Gasteiger partial charge on any atom is 0.336 e. The van der Waals surface area contributed by atoms with Gasteiger partial charge < -0.3 is 14.8 Å². The van der Waals surface area contributed by atoms with Crippen LogP contribution in [0.25, 0.3) is 0 Å². The minimum absolute atomic E-state index is 0.392. The van der Waals surface area contributed by atoms with Gasteiger partial charge in [-0.05, 0) is 49.7 Å². The van der Waals surface area contributed by atoms with Crippen molar-refractivity contribution in [1.82, 2.24) is 5.32 Å². The molecule has 0 saturated heterocycles. The first-order valence-corrected chi connectivity index (χ1v) is 10.5. The molecule has 3 rings (SSSR count). The van der Waals surface area contributed by atoms with Gasteiger partial charge in [-0.1, -0.05) is 29.8 Å². The minimum Gasteiger partial charge on any atom is -0.497 e. The molecule has 2 aromatic rings. The van der Waals surface area contributed by atoms with Crippen molar-refractivity contribution in [2.75, 3.05) is 14.2 Å². The molecule has 0 spiro atoms. The Bertz CT molecular complexity index is 1030. The van der Waals surface area contributed by atoms with Gasteiger partial charge in [-0.25, -0.2) is 9.00 Å². The maximum absolute atomic E-state index is 13.6. The first-order valence-electron chi connectivity index (χ1n) is 8.96.